The van der Waals surface area contributed by atoms with Gasteiger partial charge in [0.1, 0.15) is 97.7 Å². The molecule has 0 aliphatic carbocycles. The maximum atomic E-state index is 11.2. The van der Waals surface area contributed by atoms with E-state index < -0.39 is 149 Å². The lowest BCUT2D eigenvalue weighted by Gasteiger charge is -2.48. The molecule has 20 atom stereocenters. The molecular formula is C25H44O21. The van der Waals surface area contributed by atoms with Crippen LogP contribution >= 0.6 is 0 Å². The van der Waals surface area contributed by atoms with Gasteiger partial charge in [0.15, 0.2) is 25.2 Å². The maximum absolute atomic E-state index is 11.2. The Morgan fingerprint density at radius 1 is 0.435 bits per heavy atom. The molecule has 21 nitrogen and oxygen atoms in total. The van der Waals surface area contributed by atoms with Crippen molar-refractivity contribution in [2.45, 2.75) is 123 Å². The van der Waals surface area contributed by atoms with E-state index >= 15 is 0 Å². The highest BCUT2D eigenvalue weighted by molar-refractivity contribution is 4.97. The van der Waals surface area contributed by atoms with E-state index in [0.29, 0.717) is 0 Å². The van der Waals surface area contributed by atoms with Crippen molar-refractivity contribution in [2.24, 2.45) is 0 Å². The Morgan fingerprint density at radius 3 is 1.43 bits per heavy atom. The molecule has 4 heterocycles. The Morgan fingerprint density at radius 2 is 0.870 bits per heavy atom. The largest absolute Gasteiger partial charge is 0.394 e. The molecule has 0 aromatic carbocycles. The molecule has 46 heavy (non-hydrogen) atoms. The Balaban J connectivity index is 1.57. The number of hydrogen-bond donors (Lipinski definition) is 13. The van der Waals surface area contributed by atoms with Gasteiger partial charge in [0.05, 0.1) is 26.4 Å². The molecule has 4 saturated heterocycles. The molecular weight excluding hydrogens is 636 g/mol. The lowest BCUT2D eigenvalue weighted by atomic mass is 9.96. The summed E-state index contributed by atoms with van der Waals surface area (Å²) < 4.78 is 43.2. The van der Waals surface area contributed by atoms with E-state index in [1.54, 1.807) is 0 Å². The summed E-state index contributed by atoms with van der Waals surface area (Å²) in [5.41, 5.74) is 0. The maximum Gasteiger partial charge on any atom is 0.187 e. The molecule has 13 N–H and O–H groups in total. The van der Waals surface area contributed by atoms with Gasteiger partial charge in [0.2, 0.25) is 0 Å². The SMILES string of the molecule is COC1[C@H](O)C(CO)O[C@@H](OC2[C@H](O)C(CO[C@@H]3OC(CO)[C@@H](O)C(O)[C@@H]3O)O[C@@H](OC3[C@H](O)C(CO)O[C@@H](O)[C@H]3O)[C@H]2O)[C@H]1O. The van der Waals surface area contributed by atoms with Crippen LogP contribution in [-0.2, 0) is 37.9 Å². The second-order valence-corrected chi connectivity index (χ2v) is 11.4. The first-order valence-electron chi connectivity index (χ1n) is 14.5. The normalized spacial score (nSPS) is 52.0. The van der Waals surface area contributed by atoms with E-state index in [4.69, 9.17) is 37.9 Å². The Hall–Kier alpha value is -0.840. The molecule has 4 aliphatic rings. The van der Waals surface area contributed by atoms with Crippen molar-refractivity contribution >= 4 is 0 Å². The van der Waals surface area contributed by atoms with E-state index in [2.05, 4.69) is 0 Å². The third kappa shape index (κ3) is 7.65. The first kappa shape index (κ1) is 38.0. The minimum Gasteiger partial charge on any atom is -0.394 e. The van der Waals surface area contributed by atoms with E-state index in [1.807, 2.05) is 0 Å². The molecule has 0 amide bonds. The van der Waals surface area contributed by atoms with Crippen LogP contribution in [0.4, 0.5) is 0 Å². The fourth-order valence-electron chi connectivity index (χ4n) is 5.69. The smallest absolute Gasteiger partial charge is 0.187 e. The van der Waals surface area contributed by atoms with Gasteiger partial charge in [-0.1, -0.05) is 0 Å². The zero-order valence-electron chi connectivity index (χ0n) is 24.5. The fourth-order valence-corrected chi connectivity index (χ4v) is 5.69. The van der Waals surface area contributed by atoms with Crippen LogP contribution in [0, 0.1) is 0 Å². The van der Waals surface area contributed by atoms with Crippen LogP contribution in [0.15, 0.2) is 0 Å². The van der Waals surface area contributed by atoms with Gasteiger partial charge in [0, 0.05) is 7.11 Å². The van der Waals surface area contributed by atoms with Gasteiger partial charge in [-0.05, 0) is 0 Å². The van der Waals surface area contributed by atoms with Gasteiger partial charge in [-0.25, -0.2) is 0 Å². The standard InChI is InChI=1S/C25H44O21/c1-39-19-11(30)8(4-28)43-24(17(19)36)46-21-13(32)9(5-40-23-15(34)14(33)10(29)6(2-26)42-23)44-25(18(21)37)45-20-12(31)7(3-27)41-22(38)16(20)35/h6-38H,2-5H2,1H3/t6?,7?,8?,9?,10-,11-,12-,13-,14?,15+,16+,17+,18+,19?,20?,21?,22-,23-,24+,25+/m1/s1. The van der Waals surface area contributed by atoms with Gasteiger partial charge in [-0.2, -0.15) is 0 Å². The molecule has 0 saturated carbocycles. The van der Waals surface area contributed by atoms with Crippen LogP contribution in [0.1, 0.15) is 0 Å². The number of aliphatic hydroxyl groups excluding tert-OH is 13. The van der Waals surface area contributed by atoms with Crippen LogP contribution < -0.4 is 0 Å². The molecule has 4 rings (SSSR count). The van der Waals surface area contributed by atoms with Gasteiger partial charge in [0.25, 0.3) is 0 Å². The van der Waals surface area contributed by atoms with Crippen LogP contribution in [-0.4, -0.2) is 223 Å². The third-order valence-corrected chi connectivity index (χ3v) is 8.43. The van der Waals surface area contributed by atoms with Crippen molar-refractivity contribution in [3.8, 4) is 0 Å². The Bertz CT molecular complexity index is 932. The zero-order chi connectivity index (χ0) is 34.0. The quantitative estimate of drug-likeness (QED) is 0.0963. The summed E-state index contributed by atoms with van der Waals surface area (Å²) in [4.78, 5) is 0. The van der Waals surface area contributed by atoms with Crippen LogP contribution in [0.2, 0.25) is 0 Å². The number of rotatable bonds is 11. The second kappa shape index (κ2) is 16.2. The molecule has 0 radical (unpaired) electrons. The predicted molar refractivity (Wildman–Crippen MR) is 139 cm³/mol. The molecule has 0 bridgehead atoms. The summed E-state index contributed by atoms with van der Waals surface area (Å²) in [6.45, 7) is -3.06. The summed E-state index contributed by atoms with van der Waals surface area (Å²) in [5, 5.41) is 134. The summed E-state index contributed by atoms with van der Waals surface area (Å²) in [5.74, 6) is 0. The van der Waals surface area contributed by atoms with Crippen molar-refractivity contribution in [3.05, 3.63) is 0 Å². The third-order valence-electron chi connectivity index (χ3n) is 8.43. The number of aliphatic hydroxyl groups is 13. The predicted octanol–water partition coefficient (Wildman–Crippen LogP) is -9.09. The van der Waals surface area contributed by atoms with Gasteiger partial charge < -0.3 is 104 Å². The first-order valence-corrected chi connectivity index (χ1v) is 14.5. The highest BCUT2D eigenvalue weighted by Crippen LogP contribution is 2.33. The van der Waals surface area contributed by atoms with Crippen LogP contribution in [0.5, 0.6) is 0 Å². The molecule has 8 unspecified atom stereocenters. The van der Waals surface area contributed by atoms with E-state index in [-0.39, 0.29) is 0 Å². The van der Waals surface area contributed by atoms with Crippen molar-refractivity contribution in [3.63, 3.8) is 0 Å². The van der Waals surface area contributed by atoms with E-state index in [0.717, 1.165) is 7.11 Å². The van der Waals surface area contributed by atoms with Crippen molar-refractivity contribution in [2.75, 3.05) is 33.5 Å². The molecule has 0 aromatic heterocycles. The lowest BCUT2D eigenvalue weighted by Crippen LogP contribution is -2.67. The first-order chi connectivity index (χ1) is 21.8. The number of ether oxygens (including phenoxy) is 8. The topological polar surface area (TPSA) is 337 Å². The lowest BCUT2D eigenvalue weighted by molar-refractivity contribution is -0.384. The van der Waals surface area contributed by atoms with Crippen molar-refractivity contribution in [1.29, 1.82) is 0 Å². The number of hydrogen-bond acceptors (Lipinski definition) is 21. The van der Waals surface area contributed by atoms with E-state index in [9.17, 15) is 66.4 Å². The molecule has 4 aliphatic heterocycles. The van der Waals surface area contributed by atoms with Crippen molar-refractivity contribution < 1.29 is 104 Å². The highest BCUT2D eigenvalue weighted by atomic mass is 16.8. The van der Waals surface area contributed by atoms with Gasteiger partial charge in [-0.15, -0.1) is 0 Å². The van der Waals surface area contributed by atoms with E-state index in [1.165, 1.54) is 0 Å². The molecule has 0 aromatic rings. The Labute approximate surface area is 261 Å². The minimum atomic E-state index is -2.03. The average Bonchev–Trinajstić information content (AvgIpc) is 3.04. The highest BCUT2D eigenvalue weighted by Gasteiger charge is 2.54. The van der Waals surface area contributed by atoms with Gasteiger partial charge >= 0.3 is 0 Å². The molecule has 0 spiro atoms. The Kier molecular flexibility index (Phi) is 13.4. The zero-order valence-corrected chi connectivity index (χ0v) is 24.5. The van der Waals surface area contributed by atoms with Gasteiger partial charge in [-0.3, -0.25) is 0 Å². The van der Waals surface area contributed by atoms with Crippen LogP contribution in [0.3, 0.4) is 0 Å². The summed E-state index contributed by atoms with van der Waals surface area (Å²) in [6, 6.07) is 0. The molecule has 4 fully saturated rings. The number of methoxy groups -OCH3 is 1. The minimum absolute atomic E-state index is 0.732. The summed E-state index contributed by atoms with van der Waals surface area (Å²) in [7, 11) is 1.15. The fraction of sp³-hybridized carbons (Fsp3) is 1.00. The molecule has 21 heteroatoms. The summed E-state index contributed by atoms with van der Waals surface area (Å²) in [6.07, 6.45) is -34.3. The average molecular weight is 681 g/mol. The monoisotopic (exact) mass is 680 g/mol. The van der Waals surface area contributed by atoms with Crippen molar-refractivity contribution in [1.82, 2.24) is 0 Å². The molecule has 270 valence electrons. The summed E-state index contributed by atoms with van der Waals surface area (Å²) >= 11 is 0. The second-order valence-electron chi connectivity index (χ2n) is 11.4. The van der Waals surface area contributed by atoms with Crippen LogP contribution in [0.25, 0.3) is 0 Å².